The number of para-hydroxylation sites is 2. The Kier molecular flexibility index (Phi) is 5.59. The molecule has 1 unspecified atom stereocenters. The maximum absolute atomic E-state index is 6.21. The molecule has 1 aliphatic rings. The molecule has 1 atom stereocenters. The van der Waals surface area contributed by atoms with Gasteiger partial charge in [0.2, 0.25) is 0 Å². The summed E-state index contributed by atoms with van der Waals surface area (Å²) in [5.74, 6) is 0.291. The van der Waals surface area contributed by atoms with E-state index in [0.29, 0.717) is 5.92 Å². The van der Waals surface area contributed by atoms with E-state index >= 15 is 0 Å². The van der Waals surface area contributed by atoms with Crippen LogP contribution in [0, 0.1) is 0 Å². The van der Waals surface area contributed by atoms with E-state index in [1.54, 1.807) is 0 Å². The third kappa shape index (κ3) is 3.83. The van der Waals surface area contributed by atoms with Gasteiger partial charge in [-0.15, -0.1) is 0 Å². The Morgan fingerprint density at radius 3 is 2.12 bits per heavy atom. The quantitative estimate of drug-likeness (QED) is 0.178. The molecule has 230 valence electrons. The fourth-order valence-corrected chi connectivity index (χ4v) is 8.96. The van der Waals surface area contributed by atoms with Crippen molar-refractivity contribution in [2.24, 2.45) is 0 Å². The summed E-state index contributed by atoms with van der Waals surface area (Å²) in [5, 5.41) is 10.3. The second kappa shape index (κ2) is 10.2. The van der Waals surface area contributed by atoms with E-state index in [2.05, 4.69) is 156 Å². The van der Waals surface area contributed by atoms with Crippen LogP contribution in [0.25, 0.3) is 82.1 Å². The molecule has 11 rings (SSSR count). The van der Waals surface area contributed by atoms with Crippen LogP contribution >= 0.6 is 0 Å². The van der Waals surface area contributed by atoms with E-state index in [9.17, 15) is 0 Å². The number of furan rings is 1. The molecular weight excluding hydrogens is 595 g/mol. The minimum atomic E-state index is 0.291. The van der Waals surface area contributed by atoms with Gasteiger partial charge in [0.05, 0.1) is 11.0 Å². The van der Waals surface area contributed by atoms with Crippen LogP contribution in [0.1, 0.15) is 29.0 Å². The van der Waals surface area contributed by atoms with Crippen molar-refractivity contribution in [1.82, 2.24) is 4.57 Å². The molecule has 0 aliphatic heterocycles. The molecule has 0 spiro atoms. The number of hydrogen-bond acceptors (Lipinski definition) is 1. The van der Waals surface area contributed by atoms with E-state index in [-0.39, 0.29) is 0 Å². The second-order valence-electron chi connectivity index (χ2n) is 13.5. The lowest BCUT2D eigenvalue weighted by atomic mass is 9.86. The molecule has 0 N–H and O–H groups in total. The maximum Gasteiger partial charge on any atom is 0.135 e. The Hall–Kier alpha value is -6.12. The molecule has 0 amide bonds. The van der Waals surface area contributed by atoms with Crippen molar-refractivity contribution in [1.29, 1.82) is 0 Å². The number of rotatable bonds is 4. The first-order valence-corrected chi connectivity index (χ1v) is 17.3. The highest BCUT2D eigenvalue weighted by atomic mass is 16.3. The van der Waals surface area contributed by atoms with Gasteiger partial charge in [-0.3, -0.25) is 0 Å². The fraction of sp³-hybridized carbons (Fsp3) is 0.0638. The van der Waals surface area contributed by atoms with Crippen LogP contribution in [0.2, 0.25) is 0 Å². The van der Waals surface area contributed by atoms with Crippen molar-refractivity contribution in [3.05, 3.63) is 174 Å². The Bertz CT molecular complexity index is 2960. The zero-order chi connectivity index (χ0) is 32.1. The monoisotopic (exact) mass is 625 g/mol. The third-order valence-corrected chi connectivity index (χ3v) is 11.0. The summed E-state index contributed by atoms with van der Waals surface area (Å²) >= 11 is 0. The largest absolute Gasteiger partial charge is 0.456 e. The predicted octanol–water partition coefficient (Wildman–Crippen LogP) is 12.7. The molecule has 0 radical (unpaired) electrons. The van der Waals surface area contributed by atoms with Gasteiger partial charge in [-0.05, 0) is 98.6 Å². The van der Waals surface area contributed by atoms with Crippen molar-refractivity contribution in [3.8, 4) is 16.8 Å². The minimum absolute atomic E-state index is 0.291. The summed E-state index contributed by atoms with van der Waals surface area (Å²) < 4.78 is 8.68. The lowest BCUT2D eigenvalue weighted by molar-refractivity contribution is 0.669. The minimum Gasteiger partial charge on any atom is -0.456 e. The zero-order valence-corrected chi connectivity index (χ0v) is 26.9. The van der Waals surface area contributed by atoms with Gasteiger partial charge in [-0.1, -0.05) is 121 Å². The van der Waals surface area contributed by atoms with Crippen LogP contribution in [0.5, 0.6) is 0 Å². The van der Waals surface area contributed by atoms with Gasteiger partial charge in [-0.2, -0.15) is 0 Å². The smallest absolute Gasteiger partial charge is 0.135 e. The Morgan fingerprint density at radius 1 is 0.490 bits per heavy atom. The number of nitrogens with zero attached hydrogens (tertiary/aromatic N) is 1. The predicted molar refractivity (Wildman–Crippen MR) is 205 cm³/mol. The van der Waals surface area contributed by atoms with Gasteiger partial charge in [-0.25, -0.2) is 0 Å². The highest BCUT2D eigenvalue weighted by Crippen LogP contribution is 2.52. The van der Waals surface area contributed by atoms with Gasteiger partial charge in [0.25, 0.3) is 0 Å². The number of aryl methyl sites for hydroxylation is 1. The summed E-state index contributed by atoms with van der Waals surface area (Å²) in [4.78, 5) is 0. The topological polar surface area (TPSA) is 18.1 Å². The van der Waals surface area contributed by atoms with E-state index in [1.165, 1.54) is 71.2 Å². The first-order valence-electron chi connectivity index (χ1n) is 17.3. The average molecular weight is 626 g/mol. The second-order valence-corrected chi connectivity index (χ2v) is 13.5. The van der Waals surface area contributed by atoms with Gasteiger partial charge in [0.1, 0.15) is 11.2 Å². The Labute approximate surface area is 283 Å². The fourth-order valence-electron chi connectivity index (χ4n) is 8.96. The average Bonchev–Trinajstić information content (AvgIpc) is 3.81. The first-order chi connectivity index (χ1) is 24.3. The first kappa shape index (κ1) is 26.9. The molecule has 49 heavy (non-hydrogen) atoms. The van der Waals surface area contributed by atoms with Crippen molar-refractivity contribution < 1.29 is 4.42 Å². The lowest BCUT2D eigenvalue weighted by Gasteiger charge is -2.17. The van der Waals surface area contributed by atoms with Crippen molar-refractivity contribution in [3.63, 3.8) is 0 Å². The highest BCUT2D eigenvalue weighted by molar-refractivity contribution is 6.15. The van der Waals surface area contributed by atoms with E-state index in [0.717, 1.165) is 40.5 Å². The SMILES string of the molecule is c1ccc2c(c1)-c1ccc3c(c1C2CCc1cc2ccccc2c2ccccc12)c1ccccc1n3-c1ccc2oc3ccccc3c2c1. The molecule has 8 aromatic carbocycles. The van der Waals surface area contributed by atoms with Gasteiger partial charge in [0.15, 0.2) is 0 Å². The Balaban J connectivity index is 1.12. The van der Waals surface area contributed by atoms with Crippen molar-refractivity contribution >= 4 is 65.3 Å². The van der Waals surface area contributed by atoms with Crippen LogP contribution in [0.3, 0.4) is 0 Å². The maximum atomic E-state index is 6.21. The molecule has 2 aromatic heterocycles. The molecule has 2 nitrogen and oxygen atoms in total. The van der Waals surface area contributed by atoms with Gasteiger partial charge in [0, 0.05) is 33.2 Å². The van der Waals surface area contributed by atoms with Crippen LogP contribution in [-0.4, -0.2) is 4.57 Å². The summed E-state index contributed by atoms with van der Waals surface area (Å²) in [5.41, 5.74) is 12.6. The van der Waals surface area contributed by atoms with Crippen LogP contribution in [-0.2, 0) is 6.42 Å². The number of fused-ring (bicyclic) bond motifs is 13. The summed E-state index contributed by atoms with van der Waals surface area (Å²) in [6, 6.07) is 57.9. The lowest BCUT2D eigenvalue weighted by Crippen LogP contribution is -2.01. The van der Waals surface area contributed by atoms with Gasteiger partial charge < -0.3 is 8.98 Å². The van der Waals surface area contributed by atoms with E-state index in [4.69, 9.17) is 4.42 Å². The molecule has 2 heterocycles. The standard InChI is InChI=1S/C47H31NO/c1-2-12-32-29(11-1)27-30(33-13-3-4-14-34(32)33)21-23-38-35-15-5-6-16-36(35)39-24-25-43-47(46(38)39)40-18-7-9-19-42(40)48(43)31-22-26-45-41(28-31)37-17-8-10-20-44(37)49-45/h1-20,22,24-28,38H,21,23H2. The highest BCUT2D eigenvalue weighted by Gasteiger charge is 2.32. The van der Waals surface area contributed by atoms with Crippen LogP contribution in [0.15, 0.2) is 162 Å². The Morgan fingerprint density at radius 2 is 1.20 bits per heavy atom. The molecule has 0 saturated heterocycles. The normalized spacial score (nSPS) is 14.1. The third-order valence-electron chi connectivity index (χ3n) is 11.0. The summed E-state index contributed by atoms with van der Waals surface area (Å²) in [6.45, 7) is 0. The van der Waals surface area contributed by atoms with Crippen molar-refractivity contribution in [2.75, 3.05) is 0 Å². The zero-order valence-electron chi connectivity index (χ0n) is 26.9. The van der Waals surface area contributed by atoms with Crippen molar-refractivity contribution in [2.45, 2.75) is 18.8 Å². The number of benzene rings is 8. The number of hydrogen-bond donors (Lipinski definition) is 0. The summed E-state index contributed by atoms with van der Waals surface area (Å²) in [6.07, 6.45) is 2.04. The van der Waals surface area contributed by atoms with Gasteiger partial charge >= 0.3 is 0 Å². The summed E-state index contributed by atoms with van der Waals surface area (Å²) in [7, 11) is 0. The van der Waals surface area contributed by atoms with Crippen LogP contribution in [0.4, 0.5) is 0 Å². The molecule has 0 bridgehead atoms. The molecule has 2 heteroatoms. The molecule has 10 aromatic rings. The molecule has 0 fully saturated rings. The van der Waals surface area contributed by atoms with Crippen LogP contribution < -0.4 is 0 Å². The number of aromatic nitrogens is 1. The molecule has 0 saturated carbocycles. The molecular formula is C47H31NO. The van der Waals surface area contributed by atoms with E-state index in [1.807, 2.05) is 6.07 Å². The molecule has 1 aliphatic carbocycles. The van der Waals surface area contributed by atoms with E-state index < -0.39 is 0 Å².